The summed E-state index contributed by atoms with van der Waals surface area (Å²) in [5.74, 6) is 0.714. The maximum absolute atomic E-state index is 5.94. The molecule has 0 aromatic carbocycles. The molecule has 0 saturated carbocycles. The maximum atomic E-state index is 5.94. The highest BCUT2D eigenvalue weighted by molar-refractivity contribution is 5.15. The number of pyridine rings is 1. The lowest BCUT2D eigenvalue weighted by atomic mass is 10.0. The van der Waals surface area contributed by atoms with E-state index in [1.165, 1.54) is 12.0 Å². The van der Waals surface area contributed by atoms with Crippen LogP contribution in [-0.2, 0) is 0 Å². The Morgan fingerprint density at radius 2 is 1.94 bits per heavy atom. The summed E-state index contributed by atoms with van der Waals surface area (Å²) >= 11 is 0. The zero-order valence-electron chi connectivity index (χ0n) is 11.3. The van der Waals surface area contributed by atoms with E-state index in [1.807, 2.05) is 12.4 Å². The lowest BCUT2D eigenvalue weighted by Crippen LogP contribution is -2.36. The number of hydrogen-bond acceptors (Lipinski definition) is 3. The van der Waals surface area contributed by atoms with Gasteiger partial charge in [0.1, 0.15) is 0 Å². The highest BCUT2D eigenvalue weighted by Crippen LogP contribution is 2.20. The van der Waals surface area contributed by atoms with Crippen LogP contribution in [-0.4, -0.2) is 29.5 Å². The van der Waals surface area contributed by atoms with E-state index >= 15 is 0 Å². The molecule has 0 aliphatic carbocycles. The Balaban J connectivity index is 2.76. The minimum Gasteiger partial charge on any atom is -0.329 e. The number of likely N-dealkylation sites (N-methyl/N-ethyl adjacent to an activating group) is 1. The summed E-state index contributed by atoms with van der Waals surface area (Å²) in [7, 11) is 0. The van der Waals surface area contributed by atoms with Crippen molar-refractivity contribution in [1.29, 1.82) is 0 Å². The van der Waals surface area contributed by atoms with Crippen LogP contribution in [0.4, 0.5) is 0 Å². The normalized spacial score (nSPS) is 14.9. The average Bonchev–Trinajstić information content (AvgIpc) is 2.39. The van der Waals surface area contributed by atoms with Gasteiger partial charge in [-0.25, -0.2) is 0 Å². The molecule has 0 radical (unpaired) electrons. The molecule has 0 aliphatic rings. The number of rotatable bonds is 7. The van der Waals surface area contributed by atoms with Gasteiger partial charge in [0.2, 0.25) is 0 Å². The van der Waals surface area contributed by atoms with Gasteiger partial charge < -0.3 is 5.73 Å². The number of nitrogens with zero attached hydrogens (tertiary/aromatic N) is 2. The largest absolute Gasteiger partial charge is 0.329 e. The van der Waals surface area contributed by atoms with Crippen molar-refractivity contribution in [2.75, 3.05) is 19.6 Å². The quantitative estimate of drug-likeness (QED) is 0.789. The Morgan fingerprint density at radius 1 is 1.29 bits per heavy atom. The van der Waals surface area contributed by atoms with Crippen LogP contribution in [0.5, 0.6) is 0 Å². The fourth-order valence-electron chi connectivity index (χ4n) is 2.09. The lowest BCUT2D eigenvalue weighted by Gasteiger charge is -2.32. The molecule has 1 aromatic rings. The van der Waals surface area contributed by atoms with E-state index in [4.69, 9.17) is 5.73 Å². The monoisotopic (exact) mass is 235 g/mol. The van der Waals surface area contributed by atoms with Crippen LogP contribution in [0.15, 0.2) is 24.5 Å². The standard InChI is InChI=1S/C14H25N3/c1-4-12(3)11-17(5-2)14(10-15)13-6-8-16-9-7-13/h6-9,12,14H,4-5,10-11,15H2,1-3H3. The van der Waals surface area contributed by atoms with Crippen molar-refractivity contribution in [2.45, 2.75) is 33.2 Å². The molecule has 1 heterocycles. The van der Waals surface area contributed by atoms with Crippen molar-refractivity contribution in [3.05, 3.63) is 30.1 Å². The molecule has 2 atom stereocenters. The van der Waals surface area contributed by atoms with Gasteiger partial charge in [0.25, 0.3) is 0 Å². The first-order valence-corrected chi connectivity index (χ1v) is 6.56. The topological polar surface area (TPSA) is 42.1 Å². The predicted molar refractivity (Wildman–Crippen MR) is 72.7 cm³/mol. The first-order valence-electron chi connectivity index (χ1n) is 6.56. The van der Waals surface area contributed by atoms with E-state index in [2.05, 4.69) is 42.8 Å². The summed E-state index contributed by atoms with van der Waals surface area (Å²) in [6, 6.07) is 4.45. The van der Waals surface area contributed by atoms with Crippen LogP contribution in [0, 0.1) is 5.92 Å². The van der Waals surface area contributed by atoms with Gasteiger partial charge in [-0.2, -0.15) is 0 Å². The molecule has 0 fully saturated rings. The summed E-state index contributed by atoms with van der Waals surface area (Å²) in [6.45, 7) is 9.54. The zero-order valence-corrected chi connectivity index (χ0v) is 11.3. The number of hydrogen-bond donors (Lipinski definition) is 1. The Morgan fingerprint density at radius 3 is 2.41 bits per heavy atom. The maximum Gasteiger partial charge on any atom is 0.0471 e. The molecule has 3 nitrogen and oxygen atoms in total. The van der Waals surface area contributed by atoms with Crippen LogP contribution >= 0.6 is 0 Å². The van der Waals surface area contributed by atoms with Crippen molar-refractivity contribution in [3.63, 3.8) is 0 Å². The van der Waals surface area contributed by atoms with Crippen LogP contribution in [0.3, 0.4) is 0 Å². The predicted octanol–water partition coefficient (Wildman–Crippen LogP) is 2.45. The molecule has 17 heavy (non-hydrogen) atoms. The second kappa shape index (κ2) is 7.41. The van der Waals surface area contributed by atoms with E-state index in [0.29, 0.717) is 18.5 Å². The molecule has 0 saturated heterocycles. The molecular weight excluding hydrogens is 210 g/mol. The molecule has 2 unspecified atom stereocenters. The van der Waals surface area contributed by atoms with E-state index in [-0.39, 0.29) is 0 Å². The zero-order chi connectivity index (χ0) is 12.7. The Bertz CT molecular complexity index is 300. The second-order valence-corrected chi connectivity index (χ2v) is 4.63. The van der Waals surface area contributed by atoms with Gasteiger partial charge in [0.15, 0.2) is 0 Å². The molecule has 3 heteroatoms. The lowest BCUT2D eigenvalue weighted by molar-refractivity contribution is 0.182. The van der Waals surface area contributed by atoms with E-state index in [9.17, 15) is 0 Å². The SMILES string of the molecule is CCC(C)CN(CC)C(CN)c1ccncc1. The molecule has 96 valence electrons. The first kappa shape index (κ1) is 14.1. The van der Waals surface area contributed by atoms with Crippen molar-refractivity contribution >= 4 is 0 Å². The van der Waals surface area contributed by atoms with Crippen molar-refractivity contribution < 1.29 is 0 Å². The molecule has 1 rings (SSSR count). The summed E-state index contributed by atoms with van der Waals surface area (Å²) in [5, 5.41) is 0. The molecule has 2 N–H and O–H groups in total. The van der Waals surface area contributed by atoms with Crippen LogP contribution in [0.2, 0.25) is 0 Å². The highest BCUT2D eigenvalue weighted by Gasteiger charge is 2.18. The molecular formula is C14H25N3. The highest BCUT2D eigenvalue weighted by atomic mass is 15.2. The van der Waals surface area contributed by atoms with E-state index < -0.39 is 0 Å². The van der Waals surface area contributed by atoms with Crippen molar-refractivity contribution in [2.24, 2.45) is 11.7 Å². The van der Waals surface area contributed by atoms with Gasteiger partial charge in [-0.15, -0.1) is 0 Å². The smallest absolute Gasteiger partial charge is 0.0471 e. The van der Waals surface area contributed by atoms with E-state index in [0.717, 1.165) is 13.1 Å². The van der Waals surface area contributed by atoms with Gasteiger partial charge in [0, 0.05) is 31.5 Å². The third-order valence-electron chi connectivity index (χ3n) is 3.40. The third kappa shape index (κ3) is 4.10. The van der Waals surface area contributed by atoms with Crippen LogP contribution in [0.1, 0.15) is 38.8 Å². The molecule has 1 aromatic heterocycles. The average molecular weight is 235 g/mol. The summed E-state index contributed by atoms with van der Waals surface area (Å²) in [6.07, 6.45) is 4.90. The van der Waals surface area contributed by atoms with Gasteiger partial charge in [0.05, 0.1) is 0 Å². The summed E-state index contributed by atoms with van der Waals surface area (Å²) < 4.78 is 0. The van der Waals surface area contributed by atoms with Crippen molar-refractivity contribution in [1.82, 2.24) is 9.88 Å². The van der Waals surface area contributed by atoms with Crippen molar-refractivity contribution in [3.8, 4) is 0 Å². The fraction of sp³-hybridized carbons (Fsp3) is 0.643. The summed E-state index contributed by atoms with van der Waals surface area (Å²) in [5.41, 5.74) is 7.21. The number of aromatic nitrogens is 1. The third-order valence-corrected chi connectivity index (χ3v) is 3.40. The van der Waals surface area contributed by atoms with Crippen LogP contribution < -0.4 is 5.73 Å². The van der Waals surface area contributed by atoms with E-state index in [1.54, 1.807) is 0 Å². The van der Waals surface area contributed by atoms with Gasteiger partial charge in [-0.1, -0.05) is 27.2 Å². The Labute approximate surface area is 105 Å². The minimum absolute atomic E-state index is 0.317. The molecule has 0 bridgehead atoms. The van der Waals surface area contributed by atoms with Gasteiger partial charge in [-0.3, -0.25) is 9.88 Å². The second-order valence-electron chi connectivity index (χ2n) is 4.63. The minimum atomic E-state index is 0.317. The first-order chi connectivity index (χ1) is 8.22. The Hall–Kier alpha value is -0.930. The molecule has 0 amide bonds. The number of nitrogens with two attached hydrogens (primary N) is 1. The molecule has 0 spiro atoms. The van der Waals surface area contributed by atoms with Gasteiger partial charge in [-0.05, 0) is 30.2 Å². The summed E-state index contributed by atoms with van der Waals surface area (Å²) in [4.78, 5) is 6.53. The Kier molecular flexibility index (Phi) is 6.16. The van der Waals surface area contributed by atoms with Gasteiger partial charge >= 0.3 is 0 Å². The fourth-order valence-corrected chi connectivity index (χ4v) is 2.09. The van der Waals surface area contributed by atoms with Crippen LogP contribution in [0.25, 0.3) is 0 Å². The molecule has 0 aliphatic heterocycles.